The van der Waals surface area contributed by atoms with Gasteiger partial charge in [-0.05, 0) is 37.7 Å². The molecule has 1 aromatic heterocycles. The zero-order chi connectivity index (χ0) is 24.8. The van der Waals surface area contributed by atoms with Crippen LogP contribution >= 0.6 is 0 Å². The van der Waals surface area contributed by atoms with Crippen LogP contribution in [0.4, 0.5) is 11.4 Å². The van der Waals surface area contributed by atoms with E-state index in [9.17, 15) is 9.59 Å². The monoisotopic (exact) mass is 492 g/mol. The number of carbonyl (C=O) groups is 1. The number of benzene rings is 2. The maximum atomic E-state index is 14.2. The Morgan fingerprint density at radius 1 is 1.11 bits per heavy atom. The Hall–Kier alpha value is -2.85. The first-order valence-electron chi connectivity index (χ1n) is 12.2. The molecule has 4 atom stereocenters. The fourth-order valence-corrected chi connectivity index (χ4v) is 8.60. The van der Waals surface area contributed by atoms with Crippen molar-refractivity contribution in [2.45, 2.75) is 56.7 Å². The van der Waals surface area contributed by atoms with E-state index in [4.69, 9.17) is 9.84 Å². The number of para-hydroxylation sites is 2. The van der Waals surface area contributed by atoms with Crippen LogP contribution < -0.4 is 4.90 Å². The maximum Gasteiger partial charge on any atom is 0.268 e. The molecule has 0 aliphatic carbocycles. The largest absolute Gasteiger partial charge is 0.432 e. The third-order valence-corrected chi connectivity index (χ3v) is 9.91. The highest BCUT2D eigenvalue weighted by Crippen LogP contribution is 2.60. The Bertz CT molecular complexity index is 1210. The van der Waals surface area contributed by atoms with Crippen molar-refractivity contribution < 1.29 is 19.4 Å². The van der Waals surface area contributed by atoms with E-state index in [2.05, 4.69) is 10.3 Å². The van der Waals surface area contributed by atoms with Gasteiger partial charge in [0, 0.05) is 48.5 Å². The summed E-state index contributed by atoms with van der Waals surface area (Å²) in [7, 11) is -2.72. The molecule has 0 radical (unpaired) electrons. The summed E-state index contributed by atoms with van der Waals surface area (Å²) in [5.74, 6) is -0.309. The van der Waals surface area contributed by atoms with Gasteiger partial charge in [0.2, 0.25) is 0 Å². The molecule has 5 rings (SSSR count). The molecular weight excluding hydrogens is 460 g/mol. The molecule has 3 heterocycles. The van der Waals surface area contributed by atoms with E-state index in [1.54, 1.807) is 9.58 Å². The van der Waals surface area contributed by atoms with Crippen molar-refractivity contribution in [1.82, 2.24) is 15.0 Å². The van der Waals surface area contributed by atoms with Crippen molar-refractivity contribution in [2.75, 3.05) is 11.5 Å². The highest BCUT2D eigenvalue weighted by Gasteiger charge is 2.66. The van der Waals surface area contributed by atoms with Crippen LogP contribution in [0.15, 0.2) is 60.8 Å². The van der Waals surface area contributed by atoms with Crippen molar-refractivity contribution in [3.63, 3.8) is 0 Å². The van der Waals surface area contributed by atoms with Crippen LogP contribution in [0.3, 0.4) is 0 Å². The number of nitrogens with zero attached hydrogens (tertiary/aromatic N) is 4. The second-order valence-corrected chi connectivity index (χ2v) is 14.1. The lowest BCUT2D eigenvalue weighted by Gasteiger charge is -2.32. The highest BCUT2D eigenvalue weighted by atomic mass is 28.4. The molecule has 35 heavy (non-hydrogen) atoms. The Morgan fingerprint density at radius 2 is 1.83 bits per heavy atom. The van der Waals surface area contributed by atoms with Crippen LogP contribution in [-0.2, 0) is 28.1 Å². The number of fused-ring (bicyclic) bond motifs is 2. The Balaban J connectivity index is 1.52. The molecule has 3 aromatic rings. The van der Waals surface area contributed by atoms with Crippen molar-refractivity contribution in [3.8, 4) is 0 Å². The number of amides is 1. The Kier molecular flexibility index (Phi) is 6.12. The molecule has 2 aliphatic rings. The average Bonchev–Trinajstić information content (AvgIpc) is 3.47. The van der Waals surface area contributed by atoms with E-state index in [0.29, 0.717) is 19.4 Å². The molecule has 0 bridgehead atoms. The number of anilines is 2. The van der Waals surface area contributed by atoms with Gasteiger partial charge in [-0.25, -0.2) is 0 Å². The molecule has 1 fully saturated rings. The smallest absolute Gasteiger partial charge is 0.268 e. The topological polar surface area (TPSA) is 101 Å². The molecule has 2 aromatic carbocycles. The van der Waals surface area contributed by atoms with Crippen molar-refractivity contribution >= 4 is 25.6 Å². The average molecular weight is 493 g/mol. The van der Waals surface area contributed by atoms with Crippen LogP contribution in [0.1, 0.15) is 24.6 Å². The lowest BCUT2D eigenvalue weighted by molar-refractivity contribution is -0.145. The van der Waals surface area contributed by atoms with E-state index in [-0.39, 0.29) is 30.1 Å². The summed E-state index contributed by atoms with van der Waals surface area (Å²) < 4.78 is 8.55. The molecule has 8 nitrogen and oxygen atoms in total. The summed E-state index contributed by atoms with van der Waals surface area (Å²) in [5, 5.41) is 17.4. The Morgan fingerprint density at radius 3 is 2.54 bits per heavy atom. The first-order valence-corrected chi connectivity index (χ1v) is 15.2. The number of carbonyl (C=O) groups excluding carboxylic acids is 1. The molecular formula is C26H32N4O4Si. The van der Waals surface area contributed by atoms with E-state index in [1.165, 1.54) is 0 Å². The van der Waals surface area contributed by atoms with Gasteiger partial charge in [0.1, 0.15) is 0 Å². The zero-order valence-corrected chi connectivity index (χ0v) is 21.3. The molecule has 1 saturated heterocycles. The molecule has 0 unspecified atom stereocenters. The summed E-state index contributed by atoms with van der Waals surface area (Å²) in [6.45, 7) is 6.48. The quantitative estimate of drug-likeness (QED) is 0.491. The van der Waals surface area contributed by atoms with Gasteiger partial charge >= 0.3 is 0 Å². The number of hydrogen-bond donors (Lipinski definition) is 2. The number of rotatable bonds is 7. The van der Waals surface area contributed by atoms with Crippen molar-refractivity contribution in [2.24, 2.45) is 5.92 Å². The van der Waals surface area contributed by atoms with E-state index >= 15 is 0 Å². The normalized spacial score (nSPS) is 26.0. The standard InChI is InChI=1S/C26H32N4O4Si/c1-18-24(35(2,3)33)23(13-15-29-17-19(14-16-31)27-28-29)34-26(18)21-11-7-8-12-22(21)30(25(26)32)20-9-5-4-6-10-20/h4-12,17-18,23-24,31,33H,13-16H2,1-3H3/t18-,23+,24-,26+/m0/s1. The van der Waals surface area contributed by atoms with Gasteiger partial charge in [0.05, 0.1) is 17.5 Å². The van der Waals surface area contributed by atoms with Crippen LogP contribution in [0, 0.1) is 5.92 Å². The summed E-state index contributed by atoms with van der Waals surface area (Å²) >= 11 is 0. The van der Waals surface area contributed by atoms with Crippen LogP contribution in [-0.4, -0.2) is 51.8 Å². The molecule has 9 heteroatoms. The van der Waals surface area contributed by atoms with Crippen LogP contribution in [0.2, 0.25) is 18.6 Å². The third kappa shape index (κ3) is 3.92. The van der Waals surface area contributed by atoms with Gasteiger partial charge in [0.15, 0.2) is 13.9 Å². The molecule has 2 N–H and O–H groups in total. The van der Waals surface area contributed by atoms with E-state index in [0.717, 1.165) is 22.6 Å². The highest BCUT2D eigenvalue weighted by molar-refractivity contribution is 6.71. The predicted molar refractivity (Wildman–Crippen MR) is 135 cm³/mol. The predicted octanol–water partition coefficient (Wildman–Crippen LogP) is 3.38. The number of aryl methyl sites for hydroxylation is 1. The second kappa shape index (κ2) is 8.98. The van der Waals surface area contributed by atoms with Gasteiger partial charge < -0.3 is 14.6 Å². The van der Waals surface area contributed by atoms with Gasteiger partial charge in [-0.2, -0.15) is 0 Å². The van der Waals surface area contributed by atoms with Gasteiger partial charge in [-0.1, -0.05) is 48.5 Å². The Labute approximate surface area is 206 Å². The van der Waals surface area contributed by atoms with Gasteiger partial charge in [0.25, 0.3) is 5.91 Å². The number of hydrogen-bond acceptors (Lipinski definition) is 6. The number of aliphatic hydroxyl groups is 1. The van der Waals surface area contributed by atoms with Crippen molar-refractivity contribution in [3.05, 3.63) is 72.1 Å². The molecule has 184 valence electrons. The summed E-state index contributed by atoms with van der Waals surface area (Å²) in [6, 6.07) is 17.5. The lowest BCUT2D eigenvalue weighted by Crippen LogP contribution is -2.45. The van der Waals surface area contributed by atoms with E-state index in [1.807, 2.05) is 80.8 Å². The minimum atomic E-state index is -2.72. The van der Waals surface area contributed by atoms with Crippen LogP contribution in [0.25, 0.3) is 0 Å². The number of ether oxygens (including phenoxy) is 1. The third-order valence-electron chi connectivity index (χ3n) is 7.41. The summed E-state index contributed by atoms with van der Waals surface area (Å²) in [4.78, 5) is 27.4. The number of aliphatic hydroxyl groups excluding tert-OH is 1. The van der Waals surface area contributed by atoms with Gasteiger partial charge in [-0.15, -0.1) is 5.10 Å². The summed E-state index contributed by atoms with van der Waals surface area (Å²) in [5.41, 5.74) is 1.93. The molecule has 1 spiro atoms. The second-order valence-electron chi connectivity index (χ2n) is 10.1. The first kappa shape index (κ1) is 23.9. The molecule has 0 saturated carbocycles. The SMILES string of the molecule is C[C@H]1[C@H]([Si](C)(C)O)[C@@H](CCn2cc(CCO)nn2)O[C@]12C(=O)N(c1ccccc1)c1ccccc12. The lowest BCUT2D eigenvalue weighted by atomic mass is 9.82. The zero-order valence-electron chi connectivity index (χ0n) is 20.3. The fraction of sp³-hybridized carbons (Fsp3) is 0.423. The van der Waals surface area contributed by atoms with Gasteiger partial charge in [-0.3, -0.25) is 14.4 Å². The first-order chi connectivity index (χ1) is 16.8. The number of aromatic nitrogens is 3. The fourth-order valence-electron chi connectivity index (χ4n) is 6.00. The van der Waals surface area contributed by atoms with E-state index < -0.39 is 13.9 Å². The minimum absolute atomic E-state index is 0.0241. The van der Waals surface area contributed by atoms with Crippen molar-refractivity contribution in [1.29, 1.82) is 0 Å². The molecule has 2 aliphatic heterocycles. The maximum absolute atomic E-state index is 14.2. The minimum Gasteiger partial charge on any atom is -0.432 e. The molecule has 1 amide bonds. The summed E-state index contributed by atoms with van der Waals surface area (Å²) in [6.07, 6.45) is 2.57. The van der Waals surface area contributed by atoms with Crippen LogP contribution in [0.5, 0.6) is 0 Å².